The molecule has 0 spiro atoms. The number of carbonyl (C=O) groups excluding carboxylic acids is 2. The minimum Gasteiger partial charge on any atom is -0.354 e. The number of unbranched alkanes of at least 4 members (excludes halogenated alkanes) is 1. The van der Waals surface area contributed by atoms with Gasteiger partial charge in [0.05, 0.1) is 21.2 Å². The molecule has 3 aromatic rings. The Labute approximate surface area is 263 Å². The molecule has 0 unspecified atom stereocenters. The lowest BCUT2D eigenvalue weighted by Gasteiger charge is -2.32. The molecular formula is C29H29Cl3F3N3O4S. The smallest absolute Gasteiger partial charge is 0.354 e. The van der Waals surface area contributed by atoms with E-state index in [1.807, 2.05) is 6.92 Å². The molecule has 3 aromatic carbocycles. The Hall–Kier alpha value is -2.99. The zero-order valence-electron chi connectivity index (χ0n) is 23.2. The monoisotopic (exact) mass is 677 g/mol. The van der Waals surface area contributed by atoms with Gasteiger partial charge >= 0.3 is 6.18 Å². The van der Waals surface area contributed by atoms with Crippen LogP contribution in [0.5, 0.6) is 0 Å². The highest BCUT2D eigenvalue weighted by atomic mass is 35.5. The quantitative estimate of drug-likeness (QED) is 0.206. The zero-order chi connectivity index (χ0) is 31.9. The Balaban J connectivity index is 2.12. The predicted molar refractivity (Wildman–Crippen MR) is 162 cm³/mol. The van der Waals surface area contributed by atoms with Crippen molar-refractivity contribution in [2.24, 2.45) is 0 Å². The van der Waals surface area contributed by atoms with Crippen LogP contribution in [0.3, 0.4) is 0 Å². The lowest BCUT2D eigenvalue weighted by atomic mass is 10.1. The maximum Gasteiger partial charge on any atom is 0.417 e. The van der Waals surface area contributed by atoms with Crippen LogP contribution >= 0.6 is 34.8 Å². The lowest BCUT2D eigenvalue weighted by molar-refractivity contribution is -0.139. The summed E-state index contributed by atoms with van der Waals surface area (Å²) in [6.45, 7) is 2.49. The molecule has 3 rings (SSSR count). The predicted octanol–water partition coefficient (Wildman–Crippen LogP) is 7.19. The molecule has 0 radical (unpaired) electrons. The number of hydrogen-bond donors (Lipinski definition) is 1. The van der Waals surface area contributed by atoms with Gasteiger partial charge in [-0.15, -0.1) is 0 Å². The summed E-state index contributed by atoms with van der Waals surface area (Å²) in [4.78, 5) is 27.8. The van der Waals surface area contributed by atoms with Gasteiger partial charge in [0.2, 0.25) is 11.8 Å². The molecule has 0 saturated heterocycles. The van der Waals surface area contributed by atoms with Gasteiger partial charge in [-0.3, -0.25) is 13.9 Å². The number of halogens is 6. The average Bonchev–Trinajstić information content (AvgIpc) is 2.95. The van der Waals surface area contributed by atoms with Crippen LogP contribution < -0.4 is 9.62 Å². The SMILES string of the molecule is CCCCNC(=O)[C@@H](C)N(Cc1c(Cl)cccc1Cl)C(=O)CN(c1ccc(Cl)c(C(F)(F)F)c1)S(=O)(=O)c1ccccc1. The van der Waals surface area contributed by atoms with E-state index in [9.17, 15) is 31.2 Å². The van der Waals surface area contributed by atoms with Gasteiger partial charge in [-0.05, 0) is 55.8 Å². The fraction of sp³-hybridized carbons (Fsp3) is 0.310. The molecule has 7 nitrogen and oxygen atoms in total. The standard InChI is InChI=1S/C29H29Cl3F3N3O4S/c1-3-4-15-36-28(40)19(2)37(17-22-24(30)11-8-12-25(22)31)27(39)18-38(43(41,42)21-9-6-5-7-10-21)20-13-14-26(32)23(16-20)29(33,34)35/h5-14,16,19H,3-4,15,17-18H2,1-2H3,(H,36,40)/t19-/m1/s1. The average molecular weight is 679 g/mol. The third-order valence-electron chi connectivity index (χ3n) is 6.54. The van der Waals surface area contributed by atoms with Crippen molar-refractivity contribution in [1.29, 1.82) is 0 Å². The van der Waals surface area contributed by atoms with Gasteiger partial charge < -0.3 is 10.2 Å². The Morgan fingerprint density at radius 3 is 2.14 bits per heavy atom. The van der Waals surface area contributed by atoms with Crippen molar-refractivity contribution in [3.05, 3.63) is 92.9 Å². The molecular weight excluding hydrogens is 650 g/mol. The Bertz CT molecular complexity index is 1540. The number of hydrogen-bond acceptors (Lipinski definition) is 4. The van der Waals surface area contributed by atoms with Crippen LogP contribution in [0.2, 0.25) is 15.1 Å². The molecule has 2 amide bonds. The van der Waals surface area contributed by atoms with Crippen molar-refractivity contribution >= 4 is 62.3 Å². The van der Waals surface area contributed by atoms with E-state index in [-0.39, 0.29) is 21.5 Å². The first-order valence-electron chi connectivity index (χ1n) is 13.1. The van der Waals surface area contributed by atoms with Gasteiger partial charge in [0.25, 0.3) is 10.0 Å². The van der Waals surface area contributed by atoms with Crippen LogP contribution in [-0.2, 0) is 32.3 Å². The molecule has 0 bridgehead atoms. The molecule has 1 N–H and O–H groups in total. The van der Waals surface area contributed by atoms with Gasteiger partial charge in [0, 0.05) is 28.7 Å². The summed E-state index contributed by atoms with van der Waals surface area (Å²) >= 11 is 18.5. The highest BCUT2D eigenvalue weighted by molar-refractivity contribution is 7.92. The number of alkyl halides is 3. The van der Waals surface area contributed by atoms with Gasteiger partial charge in [-0.2, -0.15) is 13.2 Å². The molecule has 0 aliphatic rings. The van der Waals surface area contributed by atoms with E-state index >= 15 is 0 Å². The maximum atomic E-state index is 14.0. The third kappa shape index (κ3) is 8.56. The van der Waals surface area contributed by atoms with Crippen molar-refractivity contribution in [3.63, 3.8) is 0 Å². The number of benzene rings is 3. The largest absolute Gasteiger partial charge is 0.417 e. The molecule has 0 saturated carbocycles. The lowest BCUT2D eigenvalue weighted by Crippen LogP contribution is -2.51. The van der Waals surface area contributed by atoms with Crippen LogP contribution in [0, 0.1) is 0 Å². The molecule has 14 heteroatoms. The summed E-state index contributed by atoms with van der Waals surface area (Å²) in [5, 5.41) is 2.49. The van der Waals surface area contributed by atoms with E-state index < -0.39 is 56.9 Å². The number of carbonyl (C=O) groups is 2. The van der Waals surface area contributed by atoms with E-state index in [4.69, 9.17) is 34.8 Å². The summed E-state index contributed by atoms with van der Waals surface area (Å²) in [5.41, 5.74) is -1.43. The van der Waals surface area contributed by atoms with Crippen molar-refractivity contribution in [2.75, 3.05) is 17.4 Å². The highest BCUT2D eigenvalue weighted by Gasteiger charge is 2.37. The number of nitrogens with zero attached hydrogens (tertiary/aromatic N) is 2. The molecule has 1 atom stereocenters. The molecule has 0 aromatic heterocycles. The van der Waals surface area contributed by atoms with Gasteiger partial charge in [-0.25, -0.2) is 8.42 Å². The van der Waals surface area contributed by atoms with Crippen LogP contribution in [-0.4, -0.2) is 44.3 Å². The third-order valence-corrected chi connectivity index (χ3v) is 9.37. The molecule has 0 fully saturated rings. The topological polar surface area (TPSA) is 86.8 Å². The summed E-state index contributed by atoms with van der Waals surface area (Å²) in [6.07, 6.45) is -3.42. The number of anilines is 1. The highest BCUT2D eigenvalue weighted by Crippen LogP contribution is 2.38. The van der Waals surface area contributed by atoms with Crippen molar-refractivity contribution in [2.45, 2.75) is 50.3 Å². The summed E-state index contributed by atoms with van der Waals surface area (Å²) in [6, 6.07) is 13.0. The molecule has 0 heterocycles. The molecule has 0 aliphatic heterocycles. The minimum atomic E-state index is -4.91. The van der Waals surface area contributed by atoms with Gasteiger partial charge in [0.15, 0.2) is 0 Å². The molecule has 0 aliphatic carbocycles. The summed E-state index contributed by atoms with van der Waals surface area (Å²) in [7, 11) is -4.59. The Morgan fingerprint density at radius 2 is 1.56 bits per heavy atom. The van der Waals surface area contributed by atoms with E-state index in [2.05, 4.69) is 5.32 Å². The summed E-state index contributed by atoms with van der Waals surface area (Å²) in [5.74, 6) is -1.41. The second-order valence-electron chi connectivity index (χ2n) is 9.53. The fourth-order valence-electron chi connectivity index (χ4n) is 4.11. The fourth-order valence-corrected chi connectivity index (χ4v) is 6.28. The first-order chi connectivity index (χ1) is 20.2. The number of nitrogens with one attached hydrogen (secondary N) is 1. The van der Waals surface area contributed by atoms with E-state index in [0.717, 1.165) is 23.5 Å². The maximum absolute atomic E-state index is 14.0. The summed E-state index contributed by atoms with van der Waals surface area (Å²) < 4.78 is 69.4. The van der Waals surface area contributed by atoms with Crippen LogP contribution in [0.15, 0.2) is 71.6 Å². The number of rotatable bonds is 12. The van der Waals surface area contributed by atoms with Crippen molar-refractivity contribution in [3.8, 4) is 0 Å². The van der Waals surface area contributed by atoms with Crippen molar-refractivity contribution < 1.29 is 31.2 Å². The first-order valence-corrected chi connectivity index (χ1v) is 15.7. The number of amides is 2. The zero-order valence-corrected chi connectivity index (χ0v) is 26.3. The van der Waals surface area contributed by atoms with E-state index in [1.54, 1.807) is 12.1 Å². The Morgan fingerprint density at radius 1 is 0.930 bits per heavy atom. The van der Waals surface area contributed by atoms with Crippen LogP contribution in [0.1, 0.15) is 37.8 Å². The van der Waals surface area contributed by atoms with Gasteiger partial charge in [-0.1, -0.05) is 72.4 Å². The Kier molecular flexibility index (Phi) is 11.8. The molecule has 43 heavy (non-hydrogen) atoms. The van der Waals surface area contributed by atoms with Gasteiger partial charge in [0.1, 0.15) is 12.6 Å². The van der Waals surface area contributed by atoms with Crippen molar-refractivity contribution in [1.82, 2.24) is 10.2 Å². The van der Waals surface area contributed by atoms with Crippen LogP contribution in [0.4, 0.5) is 18.9 Å². The minimum absolute atomic E-state index is 0.199. The normalized spacial score (nSPS) is 12.5. The number of sulfonamides is 1. The molecule has 232 valence electrons. The second kappa shape index (κ2) is 14.7. The first kappa shape index (κ1) is 34.5. The van der Waals surface area contributed by atoms with E-state index in [0.29, 0.717) is 28.9 Å². The van der Waals surface area contributed by atoms with E-state index in [1.165, 1.54) is 43.3 Å². The second-order valence-corrected chi connectivity index (χ2v) is 12.6. The van der Waals surface area contributed by atoms with Crippen LogP contribution in [0.25, 0.3) is 0 Å².